The van der Waals surface area contributed by atoms with Crippen molar-refractivity contribution in [1.82, 2.24) is 4.90 Å². The molecule has 1 fully saturated rings. The number of ether oxygens (including phenoxy) is 1. The van der Waals surface area contributed by atoms with Crippen molar-refractivity contribution in [3.8, 4) is 5.75 Å². The van der Waals surface area contributed by atoms with E-state index >= 15 is 0 Å². The summed E-state index contributed by atoms with van der Waals surface area (Å²) in [7, 11) is 0. The number of aliphatic carboxylic acids is 1. The van der Waals surface area contributed by atoms with Crippen molar-refractivity contribution >= 4 is 33.7 Å². The van der Waals surface area contributed by atoms with E-state index in [0.717, 1.165) is 22.5 Å². The minimum Gasteiger partial charge on any atom is -0.492 e. The zero-order chi connectivity index (χ0) is 13.7. The van der Waals surface area contributed by atoms with Crippen LogP contribution in [0.5, 0.6) is 5.75 Å². The van der Waals surface area contributed by atoms with Gasteiger partial charge in [-0.05, 0) is 24.3 Å². The molecule has 4 nitrogen and oxygen atoms in total. The topological polar surface area (TPSA) is 49.8 Å². The van der Waals surface area contributed by atoms with E-state index in [9.17, 15) is 4.79 Å². The van der Waals surface area contributed by atoms with Crippen LogP contribution in [0.2, 0.25) is 0 Å². The number of carboxylic acid groups (broad SMARTS) is 1. The first kappa shape index (κ1) is 14.7. The second-order valence-electron chi connectivity index (χ2n) is 4.27. The Labute approximate surface area is 125 Å². The predicted octanol–water partition coefficient (Wildman–Crippen LogP) is 2.33. The van der Waals surface area contributed by atoms with E-state index in [1.54, 1.807) is 11.8 Å². The van der Waals surface area contributed by atoms with Crippen LogP contribution in [0.25, 0.3) is 0 Å². The molecule has 1 aliphatic rings. The second-order valence-corrected chi connectivity index (χ2v) is 6.33. The first-order chi connectivity index (χ1) is 9.16. The van der Waals surface area contributed by atoms with Crippen molar-refractivity contribution in [2.24, 2.45) is 0 Å². The molecule has 1 aromatic rings. The summed E-state index contributed by atoms with van der Waals surface area (Å²) >= 11 is 5.07. The Morgan fingerprint density at radius 1 is 1.47 bits per heavy atom. The van der Waals surface area contributed by atoms with Crippen LogP contribution < -0.4 is 4.74 Å². The molecule has 6 heteroatoms. The standard InChI is InChI=1S/C13H16BrNO3S/c14-10-1-3-11(4-2-10)18-7-5-15-6-8-19-9-12(15)13(16)17/h1-4,12H,5-9H2,(H,16,17). The lowest BCUT2D eigenvalue weighted by Gasteiger charge is -2.32. The zero-order valence-corrected chi connectivity index (χ0v) is 12.8. The van der Waals surface area contributed by atoms with E-state index < -0.39 is 5.97 Å². The lowest BCUT2D eigenvalue weighted by atomic mass is 10.2. The number of thioether (sulfide) groups is 1. The molecule has 0 aromatic heterocycles. The average Bonchev–Trinajstić information content (AvgIpc) is 2.41. The summed E-state index contributed by atoms with van der Waals surface area (Å²) in [6, 6.07) is 7.25. The number of carbonyl (C=O) groups is 1. The smallest absolute Gasteiger partial charge is 0.321 e. The van der Waals surface area contributed by atoms with Crippen LogP contribution in [-0.4, -0.2) is 53.2 Å². The van der Waals surface area contributed by atoms with Gasteiger partial charge in [-0.2, -0.15) is 11.8 Å². The van der Waals surface area contributed by atoms with Crippen LogP contribution in [0.1, 0.15) is 0 Å². The van der Waals surface area contributed by atoms with Gasteiger partial charge in [0.05, 0.1) is 0 Å². The van der Waals surface area contributed by atoms with Gasteiger partial charge in [0.15, 0.2) is 0 Å². The number of carboxylic acids is 1. The summed E-state index contributed by atoms with van der Waals surface area (Å²) in [5.74, 6) is 1.72. The maximum Gasteiger partial charge on any atom is 0.321 e. The number of hydrogen-bond donors (Lipinski definition) is 1. The van der Waals surface area contributed by atoms with Gasteiger partial charge in [0.1, 0.15) is 18.4 Å². The number of rotatable bonds is 5. The van der Waals surface area contributed by atoms with Gasteiger partial charge in [0.25, 0.3) is 0 Å². The van der Waals surface area contributed by atoms with Gasteiger partial charge in [-0.3, -0.25) is 9.69 Å². The van der Waals surface area contributed by atoms with E-state index in [0.29, 0.717) is 18.9 Å². The fourth-order valence-electron chi connectivity index (χ4n) is 1.94. The van der Waals surface area contributed by atoms with E-state index in [1.807, 2.05) is 29.2 Å². The quantitative estimate of drug-likeness (QED) is 0.887. The lowest BCUT2D eigenvalue weighted by Crippen LogP contribution is -2.48. The number of halogens is 1. The highest BCUT2D eigenvalue weighted by atomic mass is 79.9. The molecular formula is C13H16BrNO3S. The van der Waals surface area contributed by atoms with E-state index in [-0.39, 0.29) is 6.04 Å². The SMILES string of the molecule is O=C(O)C1CSCCN1CCOc1ccc(Br)cc1. The van der Waals surface area contributed by atoms with Crippen molar-refractivity contribution in [1.29, 1.82) is 0 Å². The van der Waals surface area contributed by atoms with Crippen LogP contribution in [0.4, 0.5) is 0 Å². The predicted molar refractivity (Wildman–Crippen MR) is 80.0 cm³/mol. The van der Waals surface area contributed by atoms with Gasteiger partial charge in [-0.1, -0.05) is 15.9 Å². The van der Waals surface area contributed by atoms with Crippen molar-refractivity contribution in [2.45, 2.75) is 6.04 Å². The van der Waals surface area contributed by atoms with Gasteiger partial charge in [0.2, 0.25) is 0 Å². The number of nitrogens with zero attached hydrogens (tertiary/aromatic N) is 1. The normalized spacial score (nSPS) is 20.2. The number of hydrogen-bond acceptors (Lipinski definition) is 4. The van der Waals surface area contributed by atoms with Gasteiger partial charge in [0, 0.05) is 29.1 Å². The highest BCUT2D eigenvalue weighted by molar-refractivity contribution is 9.10. The van der Waals surface area contributed by atoms with Crippen molar-refractivity contribution in [2.75, 3.05) is 31.2 Å². The molecule has 1 aliphatic heterocycles. The van der Waals surface area contributed by atoms with E-state index in [1.165, 1.54) is 0 Å². The molecule has 0 aliphatic carbocycles. The monoisotopic (exact) mass is 345 g/mol. The molecule has 0 bridgehead atoms. The molecule has 0 amide bonds. The van der Waals surface area contributed by atoms with Gasteiger partial charge >= 0.3 is 5.97 Å². The summed E-state index contributed by atoms with van der Waals surface area (Å²) in [4.78, 5) is 13.1. The molecule has 104 valence electrons. The Hall–Kier alpha value is -0.720. The van der Waals surface area contributed by atoms with Crippen molar-refractivity contribution in [3.63, 3.8) is 0 Å². The first-order valence-electron chi connectivity index (χ1n) is 6.10. The maximum atomic E-state index is 11.1. The largest absolute Gasteiger partial charge is 0.492 e. The third-order valence-corrected chi connectivity index (χ3v) is 4.54. The van der Waals surface area contributed by atoms with Gasteiger partial charge in [-0.15, -0.1) is 0 Å². The molecule has 0 spiro atoms. The highest BCUT2D eigenvalue weighted by Crippen LogP contribution is 2.18. The molecule has 1 unspecified atom stereocenters. The van der Waals surface area contributed by atoms with Crippen LogP contribution in [0, 0.1) is 0 Å². The fourth-order valence-corrected chi connectivity index (χ4v) is 3.32. The molecule has 0 saturated carbocycles. The third kappa shape index (κ3) is 4.40. The minimum absolute atomic E-state index is 0.382. The average molecular weight is 346 g/mol. The summed E-state index contributed by atoms with van der Waals surface area (Å²) in [5.41, 5.74) is 0. The minimum atomic E-state index is -0.740. The van der Waals surface area contributed by atoms with Crippen molar-refractivity contribution < 1.29 is 14.6 Å². The molecule has 1 saturated heterocycles. The van der Waals surface area contributed by atoms with Gasteiger partial charge < -0.3 is 9.84 Å². The maximum absolute atomic E-state index is 11.1. The molecule has 19 heavy (non-hydrogen) atoms. The highest BCUT2D eigenvalue weighted by Gasteiger charge is 2.28. The van der Waals surface area contributed by atoms with Crippen LogP contribution in [0.3, 0.4) is 0 Å². The Morgan fingerprint density at radius 3 is 2.89 bits per heavy atom. The summed E-state index contributed by atoms with van der Waals surface area (Å²) in [6.07, 6.45) is 0. The first-order valence-corrected chi connectivity index (χ1v) is 8.04. The lowest BCUT2D eigenvalue weighted by molar-refractivity contribution is -0.142. The molecule has 2 rings (SSSR count). The van der Waals surface area contributed by atoms with Crippen LogP contribution in [0.15, 0.2) is 28.7 Å². The molecule has 1 N–H and O–H groups in total. The summed E-state index contributed by atoms with van der Waals surface area (Å²) < 4.78 is 6.64. The fraction of sp³-hybridized carbons (Fsp3) is 0.462. The van der Waals surface area contributed by atoms with E-state index in [2.05, 4.69) is 15.9 Å². The molecular weight excluding hydrogens is 330 g/mol. The van der Waals surface area contributed by atoms with Crippen molar-refractivity contribution in [3.05, 3.63) is 28.7 Å². The Morgan fingerprint density at radius 2 is 2.21 bits per heavy atom. The molecule has 1 heterocycles. The molecule has 0 radical (unpaired) electrons. The van der Waals surface area contributed by atoms with Gasteiger partial charge in [-0.25, -0.2) is 0 Å². The van der Waals surface area contributed by atoms with E-state index in [4.69, 9.17) is 9.84 Å². The molecule has 1 atom stereocenters. The summed E-state index contributed by atoms with van der Waals surface area (Å²) in [6.45, 7) is 1.97. The summed E-state index contributed by atoms with van der Waals surface area (Å²) in [5, 5.41) is 9.15. The third-order valence-electron chi connectivity index (χ3n) is 2.99. The Balaban J connectivity index is 1.80. The number of benzene rings is 1. The Kier molecular flexibility index (Phi) is 5.54. The Bertz CT molecular complexity index is 426. The molecule has 1 aromatic carbocycles. The van der Waals surface area contributed by atoms with Crippen LogP contribution >= 0.6 is 27.7 Å². The second kappa shape index (κ2) is 7.17. The zero-order valence-electron chi connectivity index (χ0n) is 10.4. The van der Waals surface area contributed by atoms with Crippen LogP contribution in [-0.2, 0) is 4.79 Å².